The first-order valence-corrected chi connectivity index (χ1v) is 14.9. The van der Waals surface area contributed by atoms with Crippen LogP contribution < -0.4 is 0 Å². The van der Waals surface area contributed by atoms with Crippen LogP contribution in [0.5, 0.6) is 0 Å². The lowest BCUT2D eigenvalue weighted by atomic mass is 9.70. The van der Waals surface area contributed by atoms with Crippen LogP contribution in [-0.2, 0) is 14.3 Å². The summed E-state index contributed by atoms with van der Waals surface area (Å²) in [6.07, 6.45) is 3.07. The number of esters is 1. The van der Waals surface area contributed by atoms with Crippen molar-refractivity contribution in [3.8, 4) is 0 Å². The summed E-state index contributed by atoms with van der Waals surface area (Å²) in [7, 11) is 0. The van der Waals surface area contributed by atoms with E-state index in [1.807, 2.05) is 0 Å². The predicted molar refractivity (Wildman–Crippen MR) is 148 cm³/mol. The first-order valence-electron chi connectivity index (χ1n) is 14.9. The standard InChI is InChI=1S/C31H46F6O5/c1-3-4-5-6-7-8-9-10-11-12-13-14-15-16-17-18-26(41)28-27(30(32,33)34)24(21-25(40)22-38)19-20-29(28,31(35,36)37)42-23(2)39/h10-11,19-20,25,28,38,40H,3-9,12-18,21-22H2,1-2H3. The molecule has 2 N–H and O–H groups in total. The topological polar surface area (TPSA) is 83.8 Å². The van der Waals surface area contributed by atoms with E-state index < -0.39 is 72.3 Å². The highest BCUT2D eigenvalue weighted by Gasteiger charge is 2.67. The van der Waals surface area contributed by atoms with Crippen LogP contribution in [0, 0.1) is 5.92 Å². The Labute approximate surface area is 245 Å². The van der Waals surface area contributed by atoms with Gasteiger partial charge in [0.05, 0.1) is 18.3 Å². The summed E-state index contributed by atoms with van der Waals surface area (Å²) in [5.41, 5.74) is -6.45. The van der Waals surface area contributed by atoms with Crippen molar-refractivity contribution in [2.75, 3.05) is 6.61 Å². The van der Waals surface area contributed by atoms with Crippen molar-refractivity contribution >= 4 is 11.8 Å². The normalized spacial score (nSPS) is 20.4. The van der Waals surface area contributed by atoms with Gasteiger partial charge in [0.1, 0.15) is 11.7 Å². The average Bonchev–Trinajstić information content (AvgIpc) is 2.89. The van der Waals surface area contributed by atoms with Gasteiger partial charge in [-0.3, -0.25) is 9.59 Å². The summed E-state index contributed by atoms with van der Waals surface area (Å²) in [6.45, 7) is 1.86. The van der Waals surface area contributed by atoms with Crippen molar-refractivity contribution in [2.45, 2.75) is 134 Å². The second-order valence-electron chi connectivity index (χ2n) is 10.9. The molecule has 1 aliphatic rings. The fraction of sp³-hybridized carbons (Fsp3) is 0.742. The molecule has 0 aromatic rings. The van der Waals surface area contributed by atoms with Gasteiger partial charge in [-0.05, 0) is 43.8 Å². The number of aliphatic hydroxyl groups excluding tert-OH is 2. The van der Waals surface area contributed by atoms with Gasteiger partial charge in [-0.1, -0.05) is 76.5 Å². The molecule has 0 amide bonds. The summed E-state index contributed by atoms with van der Waals surface area (Å²) < 4.78 is 90.2. The van der Waals surface area contributed by atoms with Crippen LogP contribution in [0.2, 0.25) is 0 Å². The maximum absolute atomic E-state index is 14.3. The molecule has 0 aromatic carbocycles. The molecule has 3 atom stereocenters. The third-order valence-electron chi connectivity index (χ3n) is 7.33. The summed E-state index contributed by atoms with van der Waals surface area (Å²) in [5.74, 6) is -5.76. The number of carbonyl (C=O) groups is 2. The highest BCUT2D eigenvalue weighted by Crippen LogP contribution is 2.52. The van der Waals surface area contributed by atoms with Gasteiger partial charge in [0, 0.05) is 19.8 Å². The zero-order valence-electron chi connectivity index (χ0n) is 24.7. The molecule has 1 rings (SSSR count). The summed E-state index contributed by atoms with van der Waals surface area (Å²) >= 11 is 0. The number of rotatable bonds is 20. The minimum atomic E-state index is -5.55. The van der Waals surface area contributed by atoms with Crippen molar-refractivity contribution in [3.63, 3.8) is 0 Å². The largest absolute Gasteiger partial charge is 0.444 e. The van der Waals surface area contributed by atoms with Crippen molar-refractivity contribution in [1.82, 2.24) is 0 Å². The predicted octanol–water partition coefficient (Wildman–Crippen LogP) is 8.25. The molecule has 0 saturated carbocycles. The Bertz CT molecular complexity index is 922. The van der Waals surface area contributed by atoms with Crippen LogP contribution in [-0.4, -0.2) is 52.6 Å². The van der Waals surface area contributed by atoms with Crippen molar-refractivity contribution in [1.29, 1.82) is 0 Å². The summed E-state index contributed by atoms with van der Waals surface area (Å²) in [4.78, 5) is 24.8. The second kappa shape index (κ2) is 18.5. The summed E-state index contributed by atoms with van der Waals surface area (Å²) in [6, 6.07) is 0. The number of Topliss-reactive ketones (excluding diaryl/α,β-unsaturated/α-hetero) is 1. The molecule has 0 aromatic heterocycles. The van der Waals surface area contributed by atoms with Gasteiger partial charge in [0.2, 0.25) is 5.60 Å². The zero-order valence-corrected chi connectivity index (χ0v) is 24.7. The zero-order chi connectivity index (χ0) is 31.8. The fourth-order valence-corrected chi connectivity index (χ4v) is 5.21. The Morgan fingerprint density at radius 1 is 0.929 bits per heavy atom. The molecule has 11 heteroatoms. The first-order chi connectivity index (χ1) is 19.7. The van der Waals surface area contributed by atoms with Crippen molar-refractivity contribution < 1.29 is 50.9 Å². The quantitative estimate of drug-likeness (QED) is 0.0626. The van der Waals surface area contributed by atoms with Crippen LogP contribution in [0.4, 0.5) is 26.3 Å². The van der Waals surface area contributed by atoms with Crippen LogP contribution in [0.1, 0.15) is 110 Å². The van der Waals surface area contributed by atoms with Gasteiger partial charge in [-0.25, -0.2) is 0 Å². The number of hydrogen-bond donors (Lipinski definition) is 2. The molecular formula is C31H46F6O5. The highest BCUT2D eigenvalue weighted by atomic mass is 19.4. The Morgan fingerprint density at radius 3 is 1.93 bits per heavy atom. The first kappa shape index (κ1) is 37.9. The molecule has 0 saturated heterocycles. The third-order valence-corrected chi connectivity index (χ3v) is 7.33. The summed E-state index contributed by atoms with van der Waals surface area (Å²) in [5, 5.41) is 18.8. The average molecular weight is 613 g/mol. The van der Waals surface area contributed by atoms with Gasteiger partial charge < -0.3 is 14.9 Å². The maximum atomic E-state index is 14.3. The van der Waals surface area contributed by atoms with Crippen LogP contribution in [0.25, 0.3) is 0 Å². The molecule has 0 spiro atoms. The van der Waals surface area contributed by atoms with Gasteiger partial charge >= 0.3 is 18.3 Å². The Hall–Kier alpha value is -2.14. The SMILES string of the molecule is CCCCCCCCC=CCCCCCCCC(=O)C1C(C(F)(F)F)=C(CC(O)CO)C=CC1(OC(C)=O)C(F)(F)F. The number of halogens is 6. The molecule has 3 unspecified atom stereocenters. The van der Waals surface area contributed by atoms with Crippen molar-refractivity contribution in [3.05, 3.63) is 35.5 Å². The Morgan fingerprint density at radius 2 is 1.45 bits per heavy atom. The number of hydrogen-bond acceptors (Lipinski definition) is 5. The van der Waals surface area contributed by atoms with E-state index >= 15 is 0 Å². The van der Waals surface area contributed by atoms with E-state index in [9.17, 15) is 41.0 Å². The molecule has 0 radical (unpaired) electrons. The molecule has 242 valence electrons. The lowest BCUT2D eigenvalue weighted by Crippen LogP contribution is -2.58. The monoisotopic (exact) mass is 612 g/mol. The maximum Gasteiger partial charge on any atom is 0.433 e. The molecular weight excluding hydrogens is 566 g/mol. The lowest BCUT2D eigenvalue weighted by Gasteiger charge is -2.42. The molecule has 5 nitrogen and oxygen atoms in total. The number of unbranched alkanes of at least 4 members (excludes halogenated alkanes) is 11. The van der Waals surface area contributed by atoms with E-state index in [-0.39, 0.29) is 12.5 Å². The lowest BCUT2D eigenvalue weighted by molar-refractivity contribution is -0.266. The number of carbonyl (C=O) groups excluding carboxylic acids is 2. The van der Waals surface area contributed by atoms with Crippen LogP contribution >= 0.6 is 0 Å². The Kier molecular flexibility index (Phi) is 16.7. The van der Waals surface area contributed by atoms with E-state index in [0.29, 0.717) is 25.8 Å². The van der Waals surface area contributed by atoms with Crippen LogP contribution in [0.3, 0.4) is 0 Å². The van der Waals surface area contributed by atoms with Gasteiger partial charge in [-0.2, -0.15) is 26.3 Å². The molecule has 0 bridgehead atoms. The van der Waals surface area contributed by atoms with E-state index in [4.69, 9.17) is 5.11 Å². The number of ketones is 1. The van der Waals surface area contributed by atoms with Crippen LogP contribution in [0.15, 0.2) is 35.5 Å². The second-order valence-corrected chi connectivity index (χ2v) is 10.9. The number of alkyl halides is 6. The van der Waals surface area contributed by atoms with E-state index in [1.54, 1.807) is 0 Å². The van der Waals surface area contributed by atoms with Gasteiger partial charge in [-0.15, -0.1) is 0 Å². The molecule has 0 fully saturated rings. The smallest absolute Gasteiger partial charge is 0.433 e. The fourth-order valence-electron chi connectivity index (χ4n) is 5.21. The Balaban J connectivity index is 2.84. The minimum Gasteiger partial charge on any atom is -0.444 e. The number of aliphatic hydroxyl groups is 2. The molecule has 1 aliphatic carbocycles. The third kappa shape index (κ3) is 12.2. The van der Waals surface area contributed by atoms with Gasteiger partial charge in [0.15, 0.2) is 0 Å². The number of allylic oxidation sites excluding steroid dienone is 3. The molecule has 0 aliphatic heterocycles. The van der Waals surface area contributed by atoms with E-state index in [1.165, 1.54) is 32.1 Å². The number of ether oxygens (including phenoxy) is 1. The van der Waals surface area contributed by atoms with Gasteiger partial charge in [0.25, 0.3) is 0 Å². The molecule has 0 heterocycles. The minimum absolute atomic E-state index is 0.0701. The molecule has 42 heavy (non-hydrogen) atoms. The van der Waals surface area contributed by atoms with E-state index in [2.05, 4.69) is 23.8 Å². The highest BCUT2D eigenvalue weighted by molar-refractivity contribution is 5.87. The van der Waals surface area contributed by atoms with E-state index in [0.717, 1.165) is 32.1 Å². The van der Waals surface area contributed by atoms with Crippen molar-refractivity contribution in [2.24, 2.45) is 5.92 Å².